The van der Waals surface area contributed by atoms with Gasteiger partial charge in [-0.3, -0.25) is 0 Å². The van der Waals surface area contributed by atoms with Crippen molar-refractivity contribution >= 4 is 0 Å². The molecule has 0 spiro atoms. The van der Waals surface area contributed by atoms with Gasteiger partial charge in [0.25, 0.3) is 0 Å². The summed E-state index contributed by atoms with van der Waals surface area (Å²) in [5.41, 5.74) is 0.388. The molecule has 0 unspecified atom stereocenters. The quantitative estimate of drug-likeness (QED) is 0.672. The van der Waals surface area contributed by atoms with Gasteiger partial charge in [-0.25, -0.2) is 0 Å². The summed E-state index contributed by atoms with van der Waals surface area (Å²) in [5.74, 6) is 1.32. The number of likely N-dealkylation sites (tertiary alicyclic amines) is 1. The van der Waals surface area contributed by atoms with Crippen molar-refractivity contribution in [2.75, 3.05) is 20.1 Å². The Labute approximate surface area is 83.1 Å². The monoisotopic (exact) mass is 191 g/mol. The summed E-state index contributed by atoms with van der Waals surface area (Å²) in [6, 6.07) is 3.74. The van der Waals surface area contributed by atoms with Crippen LogP contribution in [0.3, 0.4) is 0 Å². The number of piperidine rings is 1. The smallest absolute Gasteiger partial charge is 0.183 e. The van der Waals surface area contributed by atoms with Crippen molar-refractivity contribution in [3.8, 4) is 6.07 Å². The molecule has 0 aliphatic carbocycles. The first-order valence-electron chi connectivity index (χ1n) is 4.85. The Morgan fingerprint density at radius 3 is 2.86 bits per heavy atom. The highest BCUT2D eigenvalue weighted by Gasteiger charge is 2.21. The van der Waals surface area contributed by atoms with E-state index in [1.54, 1.807) is 6.07 Å². The van der Waals surface area contributed by atoms with E-state index in [1.165, 1.54) is 0 Å². The van der Waals surface area contributed by atoms with Crippen LogP contribution in [0.2, 0.25) is 0 Å². The van der Waals surface area contributed by atoms with Gasteiger partial charge in [-0.15, -0.1) is 0 Å². The van der Waals surface area contributed by atoms with Crippen LogP contribution in [-0.4, -0.2) is 30.2 Å². The molecule has 0 aromatic carbocycles. The van der Waals surface area contributed by atoms with Gasteiger partial charge in [-0.05, 0) is 33.0 Å². The Balaban J connectivity index is 2.05. The lowest BCUT2D eigenvalue weighted by Gasteiger charge is -2.27. The highest BCUT2D eigenvalue weighted by Crippen LogP contribution is 2.27. The lowest BCUT2D eigenvalue weighted by Crippen LogP contribution is -2.29. The van der Waals surface area contributed by atoms with Crippen molar-refractivity contribution in [1.29, 1.82) is 5.26 Å². The molecular formula is C10H13N3O. The van der Waals surface area contributed by atoms with Crippen LogP contribution in [0.15, 0.2) is 10.6 Å². The van der Waals surface area contributed by atoms with E-state index >= 15 is 0 Å². The fourth-order valence-electron chi connectivity index (χ4n) is 1.83. The zero-order valence-electron chi connectivity index (χ0n) is 8.23. The topological polar surface area (TPSA) is 53.1 Å². The van der Waals surface area contributed by atoms with E-state index in [0.717, 1.165) is 31.7 Å². The highest BCUT2D eigenvalue weighted by molar-refractivity contribution is 5.21. The molecule has 4 nitrogen and oxygen atoms in total. The predicted molar refractivity (Wildman–Crippen MR) is 50.7 cm³/mol. The molecule has 0 radical (unpaired) electrons. The Hall–Kier alpha value is -1.34. The largest absolute Gasteiger partial charge is 0.360 e. The third kappa shape index (κ3) is 1.78. The predicted octanol–water partition coefficient (Wildman–Crippen LogP) is 1.36. The third-order valence-electron chi connectivity index (χ3n) is 2.76. The molecule has 1 aromatic heterocycles. The number of hydrogen-bond acceptors (Lipinski definition) is 4. The summed E-state index contributed by atoms with van der Waals surface area (Å²) < 4.78 is 5.14. The van der Waals surface area contributed by atoms with E-state index in [2.05, 4.69) is 17.1 Å². The number of hydrogen-bond donors (Lipinski definition) is 0. The van der Waals surface area contributed by atoms with E-state index in [4.69, 9.17) is 9.78 Å². The molecule has 1 aromatic rings. The number of rotatable bonds is 1. The van der Waals surface area contributed by atoms with Crippen molar-refractivity contribution in [3.63, 3.8) is 0 Å². The van der Waals surface area contributed by atoms with Crippen LogP contribution in [-0.2, 0) is 0 Å². The maximum Gasteiger partial charge on any atom is 0.183 e. The average Bonchev–Trinajstić information content (AvgIpc) is 2.67. The zero-order valence-corrected chi connectivity index (χ0v) is 8.23. The minimum atomic E-state index is 0.388. The summed E-state index contributed by atoms with van der Waals surface area (Å²) in [4.78, 5) is 2.30. The lowest BCUT2D eigenvalue weighted by atomic mass is 9.94. The first-order valence-corrected chi connectivity index (χ1v) is 4.85. The van der Waals surface area contributed by atoms with Crippen LogP contribution in [0.4, 0.5) is 0 Å². The zero-order chi connectivity index (χ0) is 9.97. The molecule has 0 atom stereocenters. The summed E-state index contributed by atoms with van der Waals surface area (Å²) in [6.07, 6.45) is 2.19. The Bertz CT molecular complexity index is 344. The van der Waals surface area contributed by atoms with Gasteiger partial charge < -0.3 is 9.42 Å². The van der Waals surface area contributed by atoms with Crippen LogP contribution in [0.1, 0.15) is 30.2 Å². The molecule has 1 aliphatic heterocycles. The maximum atomic E-state index is 8.61. The Kier molecular flexibility index (Phi) is 2.51. The average molecular weight is 191 g/mol. The lowest BCUT2D eigenvalue weighted by molar-refractivity contribution is 0.231. The van der Waals surface area contributed by atoms with Crippen LogP contribution >= 0.6 is 0 Å². The van der Waals surface area contributed by atoms with Gasteiger partial charge >= 0.3 is 0 Å². The first-order chi connectivity index (χ1) is 6.79. The minimum absolute atomic E-state index is 0.388. The molecule has 1 aliphatic rings. The van der Waals surface area contributed by atoms with Gasteiger partial charge in [-0.2, -0.15) is 5.26 Å². The van der Waals surface area contributed by atoms with Crippen LogP contribution in [0.5, 0.6) is 0 Å². The normalized spacial score (nSPS) is 19.4. The van der Waals surface area contributed by atoms with Crippen molar-refractivity contribution in [3.05, 3.63) is 17.5 Å². The third-order valence-corrected chi connectivity index (χ3v) is 2.76. The van der Waals surface area contributed by atoms with Crippen LogP contribution in [0, 0.1) is 11.3 Å². The summed E-state index contributed by atoms with van der Waals surface area (Å²) in [5, 5.41) is 12.3. The van der Waals surface area contributed by atoms with Gasteiger partial charge in [0.2, 0.25) is 0 Å². The SMILES string of the molecule is CN1CCC(c2cc(C#N)no2)CC1. The van der Waals surface area contributed by atoms with E-state index in [-0.39, 0.29) is 0 Å². The van der Waals surface area contributed by atoms with Crippen molar-refractivity contribution in [1.82, 2.24) is 10.1 Å². The standard InChI is InChI=1S/C10H13N3O/c1-13-4-2-8(3-5-13)10-6-9(7-11)12-14-10/h6,8H,2-5H2,1H3. The molecule has 0 bridgehead atoms. The summed E-state index contributed by atoms with van der Waals surface area (Å²) >= 11 is 0. The second kappa shape index (κ2) is 3.81. The molecule has 0 saturated carbocycles. The van der Waals surface area contributed by atoms with Crippen LogP contribution < -0.4 is 0 Å². The van der Waals surface area contributed by atoms with Crippen molar-refractivity contribution in [2.24, 2.45) is 0 Å². The molecule has 0 N–H and O–H groups in total. The van der Waals surface area contributed by atoms with E-state index < -0.39 is 0 Å². The highest BCUT2D eigenvalue weighted by atomic mass is 16.5. The number of nitrogens with zero attached hydrogens (tertiary/aromatic N) is 3. The summed E-state index contributed by atoms with van der Waals surface area (Å²) in [6.45, 7) is 2.18. The van der Waals surface area contributed by atoms with Gasteiger partial charge in [-0.1, -0.05) is 5.16 Å². The van der Waals surface area contributed by atoms with Gasteiger partial charge in [0.15, 0.2) is 5.69 Å². The molecule has 1 saturated heterocycles. The van der Waals surface area contributed by atoms with Gasteiger partial charge in [0.05, 0.1) is 0 Å². The summed E-state index contributed by atoms with van der Waals surface area (Å²) in [7, 11) is 2.12. The Morgan fingerprint density at radius 1 is 1.57 bits per heavy atom. The molecule has 4 heteroatoms. The second-order valence-electron chi connectivity index (χ2n) is 3.80. The van der Waals surface area contributed by atoms with Crippen molar-refractivity contribution in [2.45, 2.75) is 18.8 Å². The molecule has 74 valence electrons. The molecule has 14 heavy (non-hydrogen) atoms. The van der Waals surface area contributed by atoms with E-state index in [0.29, 0.717) is 11.6 Å². The molecular weight excluding hydrogens is 178 g/mol. The van der Waals surface area contributed by atoms with Gasteiger partial charge in [0.1, 0.15) is 11.8 Å². The Morgan fingerprint density at radius 2 is 2.29 bits per heavy atom. The fraction of sp³-hybridized carbons (Fsp3) is 0.600. The van der Waals surface area contributed by atoms with Crippen molar-refractivity contribution < 1.29 is 4.52 Å². The van der Waals surface area contributed by atoms with Gasteiger partial charge in [0, 0.05) is 12.0 Å². The maximum absolute atomic E-state index is 8.61. The first kappa shape index (κ1) is 9.22. The molecule has 0 amide bonds. The van der Waals surface area contributed by atoms with Crippen LogP contribution in [0.25, 0.3) is 0 Å². The number of nitriles is 1. The minimum Gasteiger partial charge on any atom is -0.360 e. The molecule has 1 fully saturated rings. The van der Waals surface area contributed by atoms with E-state index in [1.807, 2.05) is 6.07 Å². The van der Waals surface area contributed by atoms with E-state index in [9.17, 15) is 0 Å². The second-order valence-corrected chi connectivity index (χ2v) is 3.80. The number of aromatic nitrogens is 1. The molecule has 2 heterocycles. The fourth-order valence-corrected chi connectivity index (χ4v) is 1.83. The molecule has 2 rings (SSSR count).